The molecule has 1 aromatic rings. The molecule has 1 saturated heterocycles. The van der Waals surface area contributed by atoms with Crippen molar-refractivity contribution in [3.63, 3.8) is 0 Å². The van der Waals surface area contributed by atoms with Crippen molar-refractivity contribution in [3.05, 3.63) is 11.1 Å². The number of piperidine rings is 1. The molecule has 3 atom stereocenters. The van der Waals surface area contributed by atoms with E-state index >= 15 is 0 Å². The van der Waals surface area contributed by atoms with Crippen LogP contribution in [0, 0.1) is 11.8 Å². The summed E-state index contributed by atoms with van der Waals surface area (Å²) >= 11 is 1.68. The molecule has 3 rings (SSSR count). The molecule has 94 valence electrons. The molecule has 1 aliphatic heterocycles. The van der Waals surface area contributed by atoms with Gasteiger partial charge in [-0.25, -0.2) is 4.98 Å². The lowest BCUT2D eigenvalue weighted by atomic mass is 9.93. The van der Waals surface area contributed by atoms with E-state index in [1.54, 1.807) is 11.3 Å². The van der Waals surface area contributed by atoms with Crippen molar-refractivity contribution in [2.45, 2.75) is 25.4 Å². The summed E-state index contributed by atoms with van der Waals surface area (Å²) in [5.41, 5.74) is 7.40. The zero-order chi connectivity index (χ0) is 11.8. The summed E-state index contributed by atoms with van der Waals surface area (Å²) in [6.07, 6.45) is 2.64. The predicted molar refractivity (Wildman–Crippen MR) is 71.1 cm³/mol. The maximum Gasteiger partial charge on any atom is 0.182 e. The quantitative estimate of drug-likeness (QED) is 0.853. The van der Waals surface area contributed by atoms with Crippen LogP contribution >= 0.6 is 11.3 Å². The molecule has 1 saturated carbocycles. The number of hydrogen-bond donors (Lipinski definition) is 2. The average molecular weight is 252 g/mol. The van der Waals surface area contributed by atoms with Gasteiger partial charge in [-0.3, -0.25) is 4.90 Å². The van der Waals surface area contributed by atoms with Crippen molar-refractivity contribution in [3.8, 4) is 0 Å². The summed E-state index contributed by atoms with van der Waals surface area (Å²) < 4.78 is 0. The summed E-state index contributed by atoms with van der Waals surface area (Å²) in [6.45, 7) is 3.30. The Balaban J connectivity index is 1.63. The molecule has 1 aliphatic carbocycles. The number of nitrogens with two attached hydrogens (primary N) is 1. The third kappa shape index (κ3) is 2.19. The number of nitrogens with zero attached hydrogens (tertiary/aromatic N) is 2. The Morgan fingerprint density at radius 3 is 2.76 bits per heavy atom. The van der Waals surface area contributed by atoms with Gasteiger partial charge in [0.15, 0.2) is 5.13 Å². The minimum Gasteiger partial charge on any atom is -0.365 e. The zero-order valence-electron chi connectivity index (χ0n) is 10.2. The van der Waals surface area contributed by atoms with Crippen molar-refractivity contribution in [1.82, 2.24) is 9.88 Å². The van der Waals surface area contributed by atoms with Crippen LogP contribution in [-0.4, -0.2) is 36.1 Å². The van der Waals surface area contributed by atoms with Gasteiger partial charge in [0.05, 0.1) is 5.69 Å². The first-order chi connectivity index (χ1) is 8.26. The molecular weight excluding hydrogens is 232 g/mol. The number of likely N-dealkylation sites (tertiary alicyclic amines) is 1. The molecule has 2 fully saturated rings. The van der Waals surface area contributed by atoms with Gasteiger partial charge in [-0.2, -0.15) is 0 Å². The van der Waals surface area contributed by atoms with Gasteiger partial charge in [-0.15, -0.1) is 11.3 Å². The van der Waals surface area contributed by atoms with Crippen molar-refractivity contribution in [1.29, 1.82) is 0 Å². The van der Waals surface area contributed by atoms with Gasteiger partial charge < -0.3 is 11.1 Å². The molecule has 2 aliphatic rings. The fourth-order valence-electron chi connectivity index (χ4n) is 3.21. The van der Waals surface area contributed by atoms with Crippen LogP contribution < -0.4 is 11.1 Å². The van der Waals surface area contributed by atoms with E-state index in [0.29, 0.717) is 6.04 Å². The maximum atomic E-state index is 6.22. The first kappa shape index (κ1) is 11.4. The molecule has 2 bridgehead atoms. The van der Waals surface area contributed by atoms with Crippen LogP contribution in [0.2, 0.25) is 0 Å². The Bertz CT molecular complexity index is 378. The standard InChI is InChI=1S/C12H20N4S/c1-14-12-15-10(7-17-12)6-16-4-8-2-3-9(5-16)11(8)13/h7-9,11H,2-6,13H2,1H3,(H,14,15)/t8-,9+,11?. The predicted octanol–water partition coefficient (Wildman–Crippen LogP) is 1.35. The highest BCUT2D eigenvalue weighted by Crippen LogP contribution is 2.36. The third-order valence-corrected chi connectivity index (χ3v) is 5.04. The van der Waals surface area contributed by atoms with E-state index in [1.807, 2.05) is 7.05 Å². The van der Waals surface area contributed by atoms with Gasteiger partial charge in [0, 0.05) is 38.1 Å². The molecule has 0 spiro atoms. The van der Waals surface area contributed by atoms with E-state index in [2.05, 4.69) is 20.6 Å². The lowest BCUT2D eigenvalue weighted by Crippen LogP contribution is -2.48. The van der Waals surface area contributed by atoms with Crippen molar-refractivity contribution < 1.29 is 0 Å². The Morgan fingerprint density at radius 2 is 2.18 bits per heavy atom. The van der Waals surface area contributed by atoms with Crippen LogP contribution in [0.1, 0.15) is 18.5 Å². The zero-order valence-corrected chi connectivity index (χ0v) is 11.0. The van der Waals surface area contributed by atoms with E-state index in [-0.39, 0.29) is 0 Å². The molecule has 1 unspecified atom stereocenters. The summed E-state index contributed by atoms with van der Waals surface area (Å²) in [5.74, 6) is 1.44. The summed E-state index contributed by atoms with van der Waals surface area (Å²) in [4.78, 5) is 7.07. The summed E-state index contributed by atoms with van der Waals surface area (Å²) in [5, 5.41) is 6.26. The number of thiazole rings is 1. The highest BCUT2D eigenvalue weighted by Gasteiger charge is 2.39. The Hall–Kier alpha value is -0.650. The average Bonchev–Trinajstić information content (AvgIpc) is 2.83. The number of nitrogens with one attached hydrogen (secondary N) is 1. The largest absolute Gasteiger partial charge is 0.365 e. The number of fused-ring (bicyclic) bond motifs is 2. The monoisotopic (exact) mass is 252 g/mol. The van der Waals surface area contributed by atoms with Gasteiger partial charge in [0.2, 0.25) is 0 Å². The normalized spacial score (nSPS) is 32.9. The Labute approximate surface area is 106 Å². The molecule has 17 heavy (non-hydrogen) atoms. The van der Waals surface area contributed by atoms with Crippen LogP contribution in [-0.2, 0) is 6.54 Å². The lowest BCUT2D eigenvalue weighted by Gasteiger charge is -2.35. The van der Waals surface area contributed by atoms with Gasteiger partial charge in [0.1, 0.15) is 0 Å². The number of aromatic nitrogens is 1. The second-order valence-corrected chi connectivity index (χ2v) is 6.12. The van der Waals surface area contributed by atoms with Crippen LogP contribution in [0.25, 0.3) is 0 Å². The van der Waals surface area contributed by atoms with E-state index in [0.717, 1.165) is 36.6 Å². The van der Waals surface area contributed by atoms with Crippen molar-refractivity contribution in [2.24, 2.45) is 17.6 Å². The molecular formula is C12H20N4S. The molecule has 3 N–H and O–H groups in total. The van der Waals surface area contributed by atoms with E-state index in [1.165, 1.54) is 18.5 Å². The summed E-state index contributed by atoms with van der Waals surface area (Å²) in [6, 6.07) is 0.453. The first-order valence-electron chi connectivity index (χ1n) is 6.36. The number of hydrogen-bond acceptors (Lipinski definition) is 5. The highest BCUT2D eigenvalue weighted by atomic mass is 32.1. The highest BCUT2D eigenvalue weighted by molar-refractivity contribution is 7.13. The first-order valence-corrected chi connectivity index (χ1v) is 7.24. The summed E-state index contributed by atoms with van der Waals surface area (Å²) in [7, 11) is 1.92. The minimum absolute atomic E-state index is 0.453. The maximum absolute atomic E-state index is 6.22. The van der Waals surface area contributed by atoms with Gasteiger partial charge in [-0.05, 0) is 24.7 Å². The topological polar surface area (TPSA) is 54.2 Å². The van der Waals surface area contributed by atoms with E-state index < -0.39 is 0 Å². The van der Waals surface area contributed by atoms with Gasteiger partial charge in [-0.1, -0.05) is 0 Å². The minimum atomic E-state index is 0.453. The fraction of sp³-hybridized carbons (Fsp3) is 0.750. The van der Waals surface area contributed by atoms with Crippen LogP contribution in [0.15, 0.2) is 5.38 Å². The van der Waals surface area contributed by atoms with Crippen LogP contribution in [0.5, 0.6) is 0 Å². The third-order valence-electron chi connectivity index (χ3n) is 4.13. The molecule has 1 aromatic heterocycles. The SMILES string of the molecule is CNc1nc(CN2C[C@H]3CC[C@@H](C2)C3N)cs1. The van der Waals surface area contributed by atoms with Crippen molar-refractivity contribution in [2.75, 3.05) is 25.5 Å². The fourth-order valence-corrected chi connectivity index (χ4v) is 3.88. The molecule has 0 radical (unpaired) electrons. The Morgan fingerprint density at radius 1 is 1.47 bits per heavy atom. The number of rotatable bonds is 3. The number of anilines is 1. The van der Waals surface area contributed by atoms with Crippen molar-refractivity contribution >= 4 is 16.5 Å². The second kappa shape index (κ2) is 4.55. The van der Waals surface area contributed by atoms with Crippen LogP contribution in [0.4, 0.5) is 5.13 Å². The molecule has 2 heterocycles. The molecule has 4 nitrogen and oxygen atoms in total. The Kier molecular flexibility index (Phi) is 3.06. The smallest absolute Gasteiger partial charge is 0.182 e. The van der Waals surface area contributed by atoms with E-state index in [9.17, 15) is 0 Å². The van der Waals surface area contributed by atoms with Gasteiger partial charge in [0.25, 0.3) is 0 Å². The molecule has 0 aromatic carbocycles. The van der Waals surface area contributed by atoms with Gasteiger partial charge >= 0.3 is 0 Å². The van der Waals surface area contributed by atoms with Crippen LogP contribution in [0.3, 0.4) is 0 Å². The molecule has 5 heteroatoms. The lowest BCUT2D eigenvalue weighted by molar-refractivity contribution is 0.139. The van der Waals surface area contributed by atoms with E-state index in [4.69, 9.17) is 5.73 Å². The molecule has 0 amide bonds. The second-order valence-electron chi connectivity index (χ2n) is 5.26.